The summed E-state index contributed by atoms with van der Waals surface area (Å²) >= 11 is 0. The molecule has 0 spiro atoms. The topological polar surface area (TPSA) is 20.2 Å². The molecule has 0 aromatic heterocycles. The monoisotopic (exact) mass is 330 g/mol. The van der Waals surface area contributed by atoms with Crippen molar-refractivity contribution in [3.63, 3.8) is 0 Å². The molecule has 0 saturated carbocycles. The molecule has 0 aliphatic heterocycles. The summed E-state index contributed by atoms with van der Waals surface area (Å²) in [6, 6.07) is 23.9. The molecule has 2 heteroatoms. The van der Waals surface area contributed by atoms with Gasteiger partial charge in [-0.2, -0.15) is 0 Å². The van der Waals surface area contributed by atoms with Crippen LogP contribution in [-0.4, -0.2) is 13.2 Å². The summed E-state index contributed by atoms with van der Waals surface area (Å²) in [5.41, 5.74) is 3.72. The minimum Gasteiger partial charge on any atom is -0.369 e. The summed E-state index contributed by atoms with van der Waals surface area (Å²) in [6.07, 6.45) is 0. The number of rotatable bonds is 2. The van der Waals surface area contributed by atoms with Gasteiger partial charge in [-0.1, -0.05) is 98.4 Å². The predicted octanol–water partition coefficient (Wildman–Crippen LogP) is 4.96. The molecule has 0 amide bonds. The second kappa shape index (κ2) is 6.28. The van der Waals surface area contributed by atoms with E-state index in [9.17, 15) is 5.11 Å². The average Bonchev–Trinajstić information content (AvgIpc) is 2.59. The SMILES string of the molecule is C[Si](C)(C)C#CC(O)(c1ccccc1)c1cccc2ccccc12. The van der Waals surface area contributed by atoms with Crippen LogP contribution in [0.2, 0.25) is 19.6 Å². The van der Waals surface area contributed by atoms with Crippen LogP contribution in [-0.2, 0) is 5.60 Å². The number of aliphatic hydroxyl groups is 1. The third-order valence-electron chi connectivity index (χ3n) is 3.99. The lowest BCUT2D eigenvalue weighted by Gasteiger charge is -2.26. The van der Waals surface area contributed by atoms with E-state index in [1.165, 1.54) is 0 Å². The van der Waals surface area contributed by atoms with Gasteiger partial charge >= 0.3 is 0 Å². The quantitative estimate of drug-likeness (QED) is 0.520. The van der Waals surface area contributed by atoms with Gasteiger partial charge in [0.15, 0.2) is 5.60 Å². The molecule has 0 heterocycles. The molecule has 0 aliphatic carbocycles. The minimum absolute atomic E-state index is 0.812. The Kier molecular flexibility index (Phi) is 4.32. The van der Waals surface area contributed by atoms with Gasteiger partial charge < -0.3 is 5.11 Å². The number of hydrogen-bond acceptors (Lipinski definition) is 1. The van der Waals surface area contributed by atoms with Crippen LogP contribution < -0.4 is 0 Å². The minimum atomic E-state index is -1.62. The molecule has 0 fully saturated rings. The van der Waals surface area contributed by atoms with Crippen LogP contribution in [0.3, 0.4) is 0 Å². The maximum atomic E-state index is 11.7. The molecular weight excluding hydrogens is 308 g/mol. The lowest BCUT2D eigenvalue weighted by molar-refractivity contribution is 0.147. The van der Waals surface area contributed by atoms with Crippen LogP contribution in [0, 0.1) is 11.5 Å². The molecule has 3 aromatic carbocycles. The molecule has 3 aromatic rings. The van der Waals surface area contributed by atoms with Crippen molar-refractivity contribution in [2.24, 2.45) is 0 Å². The smallest absolute Gasteiger partial charge is 0.176 e. The zero-order valence-electron chi connectivity index (χ0n) is 14.4. The van der Waals surface area contributed by atoms with E-state index in [0.717, 1.165) is 21.9 Å². The first-order valence-electron chi connectivity index (χ1n) is 8.21. The Bertz CT molecular complexity index is 908. The van der Waals surface area contributed by atoms with E-state index in [0.29, 0.717) is 0 Å². The van der Waals surface area contributed by atoms with E-state index in [1.54, 1.807) is 0 Å². The molecule has 0 radical (unpaired) electrons. The molecule has 1 atom stereocenters. The summed E-state index contributed by atoms with van der Waals surface area (Å²) in [5.74, 6) is 3.23. The van der Waals surface area contributed by atoms with Crippen LogP contribution in [0.15, 0.2) is 72.8 Å². The van der Waals surface area contributed by atoms with Gasteiger partial charge in [0.2, 0.25) is 0 Å². The Morgan fingerprint density at radius 2 is 1.42 bits per heavy atom. The molecule has 0 aliphatic rings. The largest absolute Gasteiger partial charge is 0.369 e. The molecule has 24 heavy (non-hydrogen) atoms. The van der Waals surface area contributed by atoms with Gasteiger partial charge in [0.1, 0.15) is 8.07 Å². The Hall–Kier alpha value is -2.34. The van der Waals surface area contributed by atoms with E-state index in [-0.39, 0.29) is 0 Å². The van der Waals surface area contributed by atoms with Crippen molar-refractivity contribution >= 4 is 18.8 Å². The molecule has 1 nitrogen and oxygen atoms in total. The lowest BCUT2D eigenvalue weighted by Crippen LogP contribution is -2.27. The van der Waals surface area contributed by atoms with Gasteiger partial charge in [0.05, 0.1) is 0 Å². The van der Waals surface area contributed by atoms with Gasteiger partial charge in [-0.3, -0.25) is 0 Å². The standard InChI is InChI=1S/C22H22OSi/c1-24(2,3)17-16-22(23,19-12-5-4-6-13-19)21-15-9-11-18-10-7-8-14-20(18)21/h4-15,23H,1-3H3. The lowest BCUT2D eigenvalue weighted by atomic mass is 9.84. The number of fused-ring (bicyclic) bond motifs is 1. The first-order valence-corrected chi connectivity index (χ1v) is 11.7. The summed E-state index contributed by atoms with van der Waals surface area (Å²) in [6.45, 7) is 6.57. The van der Waals surface area contributed by atoms with Gasteiger partial charge in [-0.15, -0.1) is 5.54 Å². The third kappa shape index (κ3) is 3.28. The van der Waals surface area contributed by atoms with Crippen molar-refractivity contribution in [3.05, 3.63) is 83.9 Å². The molecule has 0 saturated heterocycles. The summed E-state index contributed by atoms with van der Waals surface area (Å²) in [4.78, 5) is 0. The Balaban J connectivity index is 2.30. The second-order valence-electron chi connectivity index (χ2n) is 7.10. The average molecular weight is 331 g/mol. The first kappa shape index (κ1) is 16.5. The van der Waals surface area contributed by atoms with Crippen LogP contribution in [0.25, 0.3) is 10.8 Å². The highest BCUT2D eigenvalue weighted by molar-refractivity contribution is 6.83. The molecule has 0 bridgehead atoms. The maximum absolute atomic E-state index is 11.7. The Morgan fingerprint density at radius 3 is 2.12 bits per heavy atom. The molecule has 1 N–H and O–H groups in total. The fourth-order valence-corrected chi connectivity index (χ4v) is 3.35. The van der Waals surface area contributed by atoms with Crippen molar-refractivity contribution in [2.75, 3.05) is 0 Å². The van der Waals surface area contributed by atoms with Gasteiger partial charge in [-0.05, 0) is 10.8 Å². The van der Waals surface area contributed by atoms with E-state index in [1.807, 2.05) is 54.6 Å². The molecular formula is C22H22OSi. The molecule has 120 valence electrons. The van der Waals surface area contributed by atoms with Crippen molar-refractivity contribution in [1.82, 2.24) is 0 Å². The maximum Gasteiger partial charge on any atom is 0.176 e. The van der Waals surface area contributed by atoms with E-state index in [4.69, 9.17) is 0 Å². The van der Waals surface area contributed by atoms with E-state index < -0.39 is 13.7 Å². The zero-order valence-corrected chi connectivity index (χ0v) is 15.4. The fourth-order valence-electron chi connectivity index (χ4n) is 2.79. The first-order chi connectivity index (χ1) is 11.4. The number of hydrogen-bond donors (Lipinski definition) is 1. The van der Waals surface area contributed by atoms with Crippen LogP contribution in [0.4, 0.5) is 0 Å². The van der Waals surface area contributed by atoms with Crippen molar-refractivity contribution in [3.8, 4) is 11.5 Å². The summed E-state index contributed by atoms with van der Waals surface area (Å²) in [7, 11) is -1.62. The van der Waals surface area contributed by atoms with E-state index in [2.05, 4.69) is 49.3 Å². The third-order valence-corrected chi connectivity index (χ3v) is 4.86. The summed E-state index contributed by atoms with van der Waals surface area (Å²) in [5, 5.41) is 13.8. The van der Waals surface area contributed by atoms with Gasteiger partial charge in [0, 0.05) is 11.1 Å². The summed E-state index contributed by atoms with van der Waals surface area (Å²) < 4.78 is 0. The highest BCUT2D eigenvalue weighted by Crippen LogP contribution is 2.34. The fraction of sp³-hybridized carbons (Fsp3) is 0.182. The number of benzene rings is 3. The zero-order chi connectivity index (χ0) is 17.2. The Morgan fingerprint density at radius 1 is 0.792 bits per heavy atom. The normalized spacial score (nSPS) is 13.8. The predicted molar refractivity (Wildman–Crippen MR) is 105 cm³/mol. The highest BCUT2D eigenvalue weighted by atomic mass is 28.3. The van der Waals surface area contributed by atoms with E-state index >= 15 is 0 Å². The van der Waals surface area contributed by atoms with Gasteiger partial charge in [0.25, 0.3) is 0 Å². The Labute approximate surface area is 145 Å². The molecule has 3 rings (SSSR count). The highest BCUT2D eigenvalue weighted by Gasteiger charge is 2.31. The van der Waals surface area contributed by atoms with Crippen LogP contribution >= 0.6 is 0 Å². The molecule has 1 unspecified atom stereocenters. The second-order valence-corrected chi connectivity index (χ2v) is 11.9. The van der Waals surface area contributed by atoms with Crippen molar-refractivity contribution in [1.29, 1.82) is 0 Å². The van der Waals surface area contributed by atoms with Gasteiger partial charge in [-0.25, -0.2) is 0 Å². The van der Waals surface area contributed by atoms with Crippen molar-refractivity contribution in [2.45, 2.75) is 25.2 Å². The van der Waals surface area contributed by atoms with Crippen LogP contribution in [0.1, 0.15) is 11.1 Å². The van der Waals surface area contributed by atoms with Crippen LogP contribution in [0.5, 0.6) is 0 Å². The van der Waals surface area contributed by atoms with Crippen molar-refractivity contribution < 1.29 is 5.11 Å².